The number of benzene rings is 2. The van der Waals surface area contributed by atoms with Crippen LogP contribution in [0, 0.1) is 11.3 Å². The SMILES string of the molecule is CCOc1ccc(-c2csc(/C(C#N)=N\Nc3ccccc3OC)n2)cc1. The van der Waals surface area contributed by atoms with Gasteiger partial charge >= 0.3 is 0 Å². The summed E-state index contributed by atoms with van der Waals surface area (Å²) in [4.78, 5) is 4.54. The fraction of sp³-hybridized carbons (Fsp3) is 0.150. The lowest BCUT2D eigenvalue weighted by atomic mass is 10.2. The summed E-state index contributed by atoms with van der Waals surface area (Å²) in [6, 6.07) is 17.2. The smallest absolute Gasteiger partial charge is 0.196 e. The van der Waals surface area contributed by atoms with Crippen molar-refractivity contribution in [2.45, 2.75) is 6.92 Å². The van der Waals surface area contributed by atoms with Crippen molar-refractivity contribution in [3.8, 4) is 28.8 Å². The molecule has 0 aliphatic carbocycles. The number of anilines is 1. The molecule has 136 valence electrons. The molecule has 3 aromatic rings. The van der Waals surface area contributed by atoms with Crippen molar-refractivity contribution in [3.63, 3.8) is 0 Å². The Bertz CT molecular complexity index is 974. The average Bonchev–Trinajstić information content (AvgIpc) is 3.19. The van der Waals surface area contributed by atoms with Crippen LogP contribution < -0.4 is 14.9 Å². The molecule has 0 aliphatic heterocycles. The van der Waals surface area contributed by atoms with Crippen LogP contribution in [-0.2, 0) is 0 Å². The Morgan fingerprint density at radius 2 is 2.00 bits per heavy atom. The number of aromatic nitrogens is 1. The van der Waals surface area contributed by atoms with Crippen LogP contribution in [0.3, 0.4) is 0 Å². The molecule has 3 rings (SSSR count). The van der Waals surface area contributed by atoms with E-state index in [1.54, 1.807) is 7.11 Å². The van der Waals surface area contributed by atoms with E-state index in [-0.39, 0.29) is 5.71 Å². The molecule has 6 nitrogen and oxygen atoms in total. The van der Waals surface area contributed by atoms with Gasteiger partial charge in [-0.1, -0.05) is 12.1 Å². The van der Waals surface area contributed by atoms with Gasteiger partial charge in [0.2, 0.25) is 0 Å². The summed E-state index contributed by atoms with van der Waals surface area (Å²) in [6.07, 6.45) is 0. The Morgan fingerprint density at radius 3 is 2.70 bits per heavy atom. The zero-order chi connectivity index (χ0) is 19.1. The van der Waals surface area contributed by atoms with Crippen LogP contribution in [0.15, 0.2) is 59.0 Å². The average molecular weight is 378 g/mol. The van der Waals surface area contributed by atoms with Crippen LogP contribution in [0.1, 0.15) is 11.9 Å². The first-order valence-electron chi connectivity index (χ1n) is 8.31. The van der Waals surface area contributed by atoms with E-state index in [1.165, 1.54) is 11.3 Å². The lowest BCUT2D eigenvalue weighted by Gasteiger charge is -2.06. The molecule has 0 saturated heterocycles. The zero-order valence-electron chi connectivity index (χ0n) is 15.0. The molecule has 1 aromatic heterocycles. The second kappa shape index (κ2) is 8.83. The van der Waals surface area contributed by atoms with Gasteiger partial charge in [0.25, 0.3) is 0 Å². The van der Waals surface area contributed by atoms with Gasteiger partial charge in [-0.3, -0.25) is 5.43 Å². The Kier molecular flexibility index (Phi) is 6.02. The molecule has 0 saturated carbocycles. The molecule has 2 aromatic carbocycles. The largest absolute Gasteiger partial charge is 0.495 e. The zero-order valence-corrected chi connectivity index (χ0v) is 15.8. The summed E-state index contributed by atoms with van der Waals surface area (Å²) >= 11 is 1.37. The number of hydrazone groups is 1. The second-order valence-electron chi connectivity index (χ2n) is 5.38. The molecule has 0 radical (unpaired) electrons. The molecule has 0 amide bonds. The molecule has 1 N–H and O–H groups in total. The number of nitrogens with one attached hydrogen (secondary N) is 1. The lowest BCUT2D eigenvalue weighted by molar-refractivity contribution is 0.340. The van der Waals surface area contributed by atoms with Gasteiger partial charge in [-0.05, 0) is 43.3 Å². The van der Waals surface area contributed by atoms with Gasteiger partial charge in [0, 0.05) is 10.9 Å². The number of thiazole rings is 1. The number of nitriles is 1. The van der Waals surface area contributed by atoms with Crippen LogP contribution in [0.2, 0.25) is 0 Å². The van der Waals surface area contributed by atoms with E-state index in [9.17, 15) is 5.26 Å². The normalized spacial score (nSPS) is 10.9. The van der Waals surface area contributed by atoms with Gasteiger partial charge in [0.05, 0.1) is 25.1 Å². The highest BCUT2D eigenvalue weighted by atomic mass is 32.1. The van der Waals surface area contributed by atoms with E-state index in [2.05, 4.69) is 21.6 Å². The van der Waals surface area contributed by atoms with Crippen molar-refractivity contribution in [2.75, 3.05) is 19.1 Å². The van der Waals surface area contributed by atoms with Gasteiger partial charge in [0.1, 0.15) is 17.6 Å². The minimum absolute atomic E-state index is 0.211. The Morgan fingerprint density at radius 1 is 1.22 bits per heavy atom. The Balaban J connectivity index is 1.80. The summed E-state index contributed by atoms with van der Waals surface area (Å²) < 4.78 is 10.7. The maximum atomic E-state index is 9.46. The molecule has 0 fully saturated rings. The molecule has 27 heavy (non-hydrogen) atoms. The van der Waals surface area contributed by atoms with E-state index in [0.717, 1.165) is 17.0 Å². The van der Waals surface area contributed by atoms with Gasteiger partial charge in [0.15, 0.2) is 10.7 Å². The van der Waals surface area contributed by atoms with Crippen LogP contribution in [-0.4, -0.2) is 24.4 Å². The fourth-order valence-electron chi connectivity index (χ4n) is 2.38. The van der Waals surface area contributed by atoms with Gasteiger partial charge < -0.3 is 9.47 Å². The molecule has 0 bridgehead atoms. The van der Waals surface area contributed by atoms with Crippen LogP contribution in [0.5, 0.6) is 11.5 Å². The van der Waals surface area contributed by atoms with Gasteiger partial charge in [-0.25, -0.2) is 4.98 Å². The van der Waals surface area contributed by atoms with Crippen molar-refractivity contribution < 1.29 is 9.47 Å². The number of methoxy groups -OCH3 is 1. The molecule has 0 aliphatic rings. The Hall–Kier alpha value is -3.37. The molecule has 1 heterocycles. The third kappa shape index (κ3) is 4.43. The first kappa shape index (κ1) is 18.4. The third-order valence-corrected chi connectivity index (χ3v) is 4.52. The number of ether oxygens (including phenoxy) is 2. The highest BCUT2D eigenvalue weighted by Gasteiger charge is 2.11. The number of nitrogens with zero attached hydrogens (tertiary/aromatic N) is 3. The van der Waals surface area contributed by atoms with E-state index >= 15 is 0 Å². The second-order valence-corrected chi connectivity index (χ2v) is 6.24. The summed E-state index contributed by atoms with van der Waals surface area (Å²) in [6.45, 7) is 2.57. The van der Waals surface area contributed by atoms with E-state index < -0.39 is 0 Å². The summed E-state index contributed by atoms with van der Waals surface area (Å²) in [5.41, 5.74) is 5.51. The van der Waals surface area contributed by atoms with Gasteiger partial charge in [-0.2, -0.15) is 10.4 Å². The number of rotatable bonds is 7. The predicted molar refractivity (Wildman–Crippen MR) is 107 cm³/mol. The number of para-hydroxylation sites is 2. The number of hydrogen-bond acceptors (Lipinski definition) is 7. The van der Waals surface area contributed by atoms with E-state index in [0.29, 0.717) is 23.1 Å². The van der Waals surface area contributed by atoms with Crippen LogP contribution in [0.25, 0.3) is 11.3 Å². The minimum Gasteiger partial charge on any atom is -0.495 e. The van der Waals surface area contributed by atoms with Crippen molar-refractivity contribution in [2.24, 2.45) is 5.10 Å². The fourth-order valence-corrected chi connectivity index (χ4v) is 3.14. The molecule has 0 atom stereocenters. The molecular weight excluding hydrogens is 360 g/mol. The molecule has 0 spiro atoms. The van der Waals surface area contributed by atoms with Crippen molar-refractivity contribution in [1.82, 2.24) is 4.98 Å². The summed E-state index contributed by atoms with van der Waals surface area (Å²) in [7, 11) is 1.58. The monoisotopic (exact) mass is 378 g/mol. The van der Waals surface area contributed by atoms with E-state index in [1.807, 2.05) is 60.8 Å². The van der Waals surface area contributed by atoms with Crippen molar-refractivity contribution >= 4 is 22.7 Å². The third-order valence-electron chi connectivity index (χ3n) is 3.67. The molecular formula is C20H18N4O2S. The molecule has 7 heteroatoms. The minimum atomic E-state index is 0.211. The summed E-state index contributed by atoms with van der Waals surface area (Å²) in [5, 5.41) is 16.1. The quantitative estimate of drug-likeness (QED) is 0.482. The highest BCUT2D eigenvalue weighted by Crippen LogP contribution is 2.26. The van der Waals surface area contributed by atoms with Crippen LogP contribution >= 0.6 is 11.3 Å². The highest BCUT2D eigenvalue weighted by molar-refractivity contribution is 7.12. The van der Waals surface area contributed by atoms with E-state index in [4.69, 9.17) is 9.47 Å². The first-order chi connectivity index (χ1) is 13.2. The van der Waals surface area contributed by atoms with Crippen LogP contribution in [0.4, 0.5) is 5.69 Å². The topological polar surface area (TPSA) is 79.5 Å². The molecule has 0 unspecified atom stereocenters. The number of hydrogen-bond donors (Lipinski definition) is 1. The lowest BCUT2D eigenvalue weighted by Crippen LogP contribution is -2.02. The summed E-state index contributed by atoms with van der Waals surface area (Å²) in [5.74, 6) is 1.46. The Labute approximate surface area is 161 Å². The maximum absolute atomic E-state index is 9.46. The standard InChI is InChI=1S/C20H18N4O2S/c1-3-26-15-10-8-14(9-11-15)18-13-27-20(22-18)17(12-21)24-23-16-6-4-5-7-19(16)25-2/h4-11,13,23H,3H2,1-2H3/b24-17-. The predicted octanol–water partition coefficient (Wildman–Crippen LogP) is 4.56. The van der Waals surface area contributed by atoms with Crippen molar-refractivity contribution in [3.05, 3.63) is 58.9 Å². The van der Waals surface area contributed by atoms with Crippen molar-refractivity contribution in [1.29, 1.82) is 5.26 Å². The maximum Gasteiger partial charge on any atom is 0.196 e. The van der Waals surface area contributed by atoms with Gasteiger partial charge in [-0.15, -0.1) is 11.3 Å². The first-order valence-corrected chi connectivity index (χ1v) is 9.19.